The van der Waals surface area contributed by atoms with E-state index in [1.807, 2.05) is 4.90 Å². The van der Waals surface area contributed by atoms with Gasteiger partial charge in [0.25, 0.3) is 0 Å². The predicted octanol–water partition coefficient (Wildman–Crippen LogP) is 2.97. The first-order valence-electron chi connectivity index (χ1n) is 10.2. The lowest BCUT2D eigenvalue weighted by atomic mass is 9.91. The fourth-order valence-corrected chi connectivity index (χ4v) is 4.92. The smallest absolute Gasteiger partial charge is 0.231 e. The summed E-state index contributed by atoms with van der Waals surface area (Å²) >= 11 is 0. The minimum atomic E-state index is -0.324. The van der Waals surface area contributed by atoms with Crippen LogP contribution in [0.25, 0.3) is 11.4 Å². The zero-order valence-corrected chi connectivity index (χ0v) is 15.9. The summed E-state index contributed by atoms with van der Waals surface area (Å²) < 4.78 is 18.9. The number of carbonyl (C=O) groups excluding carboxylic acids is 1. The second-order valence-electron chi connectivity index (χ2n) is 8.46. The number of rotatable bonds is 3. The summed E-state index contributed by atoms with van der Waals surface area (Å²) in [6, 6.07) is 6.19. The second kappa shape index (κ2) is 6.95. The van der Waals surface area contributed by atoms with Gasteiger partial charge in [-0.3, -0.25) is 4.79 Å². The SMILES string of the molecule is O=C(C1CC12CCNCC2)N1CCCC(c2nc(-c3cccc(F)c3)no2)C1. The number of nitrogens with zero attached hydrogens (tertiary/aromatic N) is 3. The van der Waals surface area contributed by atoms with Gasteiger partial charge >= 0.3 is 0 Å². The van der Waals surface area contributed by atoms with Gasteiger partial charge in [0.15, 0.2) is 0 Å². The van der Waals surface area contributed by atoms with Gasteiger partial charge in [0.1, 0.15) is 5.82 Å². The van der Waals surface area contributed by atoms with E-state index in [1.165, 1.54) is 12.1 Å². The third kappa shape index (κ3) is 3.21. The van der Waals surface area contributed by atoms with Crippen LogP contribution < -0.4 is 5.32 Å². The Morgan fingerprint density at radius 3 is 3.00 bits per heavy atom. The Morgan fingerprint density at radius 2 is 2.18 bits per heavy atom. The number of aromatic nitrogens is 2. The number of hydrogen-bond donors (Lipinski definition) is 1. The van der Waals surface area contributed by atoms with Crippen molar-refractivity contribution in [2.45, 2.75) is 38.0 Å². The number of hydrogen-bond acceptors (Lipinski definition) is 5. The van der Waals surface area contributed by atoms with Gasteiger partial charge in [0.05, 0.1) is 5.92 Å². The minimum Gasteiger partial charge on any atom is -0.342 e. The maximum absolute atomic E-state index is 13.5. The van der Waals surface area contributed by atoms with Crippen molar-refractivity contribution in [2.75, 3.05) is 26.2 Å². The molecule has 28 heavy (non-hydrogen) atoms. The Bertz CT molecular complexity index is 877. The molecule has 1 N–H and O–H groups in total. The molecule has 2 aromatic rings. The summed E-state index contributed by atoms with van der Waals surface area (Å²) in [6.45, 7) is 3.49. The van der Waals surface area contributed by atoms with Crippen LogP contribution in [-0.4, -0.2) is 47.1 Å². The molecule has 1 saturated carbocycles. The number of benzene rings is 1. The second-order valence-corrected chi connectivity index (χ2v) is 8.46. The van der Waals surface area contributed by atoms with Crippen molar-refractivity contribution in [1.82, 2.24) is 20.4 Å². The number of halogens is 1. The number of piperidine rings is 2. The fourth-order valence-electron chi connectivity index (χ4n) is 4.92. The molecular weight excluding hydrogens is 359 g/mol. The van der Waals surface area contributed by atoms with Crippen LogP contribution in [0.1, 0.15) is 43.9 Å². The number of amides is 1. The summed E-state index contributed by atoms with van der Waals surface area (Å²) in [5.41, 5.74) is 0.856. The highest BCUT2D eigenvalue weighted by molar-refractivity contribution is 5.83. The molecule has 2 aliphatic heterocycles. The van der Waals surface area contributed by atoms with Crippen molar-refractivity contribution in [2.24, 2.45) is 11.3 Å². The Morgan fingerprint density at radius 1 is 1.32 bits per heavy atom. The van der Waals surface area contributed by atoms with E-state index in [1.54, 1.807) is 12.1 Å². The molecule has 1 aromatic carbocycles. The Kier molecular flexibility index (Phi) is 4.42. The van der Waals surface area contributed by atoms with Crippen molar-refractivity contribution in [3.8, 4) is 11.4 Å². The van der Waals surface area contributed by atoms with Gasteiger partial charge in [0, 0.05) is 24.6 Å². The summed E-state index contributed by atoms with van der Waals surface area (Å²) in [6.07, 6.45) is 5.13. The highest BCUT2D eigenvalue weighted by atomic mass is 19.1. The zero-order valence-electron chi connectivity index (χ0n) is 15.9. The normalized spacial score (nSPS) is 26.4. The Balaban J connectivity index is 1.27. The molecule has 148 valence electrons. The van der Waals surface area contributed by atoms with Gasteiger partial charge in [0.2, 0.25) is 17.6 Å². The number of likely N-dealkylation sites (tertiary alicyclic amines) is 1. The van der Waals surface area contributed by atoms with E-state index in [0.717, 1.165) is 51.7 Å². The third-order valence-corrected chi connectivity index (χ3v) is 6.69. The summed E-state index contributed by atoms with van der Waals surface area (Å²) in [5, 5.41) is 7.42. The van der Waals surface area contributed by atoms with Crippen LogP contribution in [-0.2, 0) is 4.79 Å². The van der Waals surface area contributed by atoms with Crippen LogP contribution in [0.2, 0.25) is 0 Å². The van der Waals surface area contributed by atoms with Crippen LogP contribution in [0.3, 0.4) is 0 Å². The average Bonchev–Trinajstić information content (AvgIpc) is 3.18. The molecule has 0 bridgehead atoms. The number of carbonyl (C=O) groups is 1. The van der Waals surface area contributed by atoms with Gasteiger partial charge in [-0.2, -0.15) is 4.98 Å². The molecule has 1 amide bonds. The molecule has 1 aliphatic carbocycles. The molecule has 1 spiro atoms. The molecule has 3 aliphatic rings. The Labute approximate surface area is 163 Å². The van der Waals surface area contributed by atoms with Crippen LogP contribution in [0, 0.1) is 17.2 Å². The molecule has 5 rings (SSSR count). The van der Waals surface area contributed by atoms with Crippen LogP contribution in [0.15, 0.2) is 28.8 Å². The molecule has 3 heterocycles. The Hall–Kier alpha value is -2.28. The molecule has 2 atom stereocenters. The van der Waals surface area contributed by atoms with Crippen molar-refractivity contribution >= 4 is 5.91 Å². The van der Waals surface area contributed by atoms with Gasteiger partial charge < -0.3 is 14.7 Å². The molecule has 1 aromatic heterocycles. The topological polar surface area (TPSA) is 71.3 Å². The van der Waals surface area contributed by atoms with E-state index < -0.39 is 0 Å². The molecule has 3 fully saturated rings. The van der Waals surface area contributed by atoms with E-state index in [2.05, 4.69) is 15.5 Å². The van der Waals surface area contributed by atoms with Gasteiger partial charge in [-0.15, -0.1) is 0 Å². The summed E-state index contributed by atoms with van der Waals surface area (Å²) in [5.74, 6) is 1.16. The largest absolute Gasteiger partial charge is 0.342 e. The highest BCUT2D eigenvalue weighted by Gasteiger charge is 2.58. The van der Waals surface area contributed by atoms with E-state index >= 15 is 0 Å². The summed E-state index contributed by atoms with van der Waals surface area (Å²) in [7, 11) is 0. The van der Waals surface area contributed by atoms with Crippen LogP contribution in [0.5, 0.6) is 0 Å². The summed E-state index contributed by atoms with van der Waals surface area (Å²) in [4.78, 5) is 19.6. The standard InChI is InChI=1S/C21H25FN4O2/c22-16-5-1-3-14(11-16)18-24-19(28-25-18)15-4-2-10-26(13-15)20(27)17-12-21(17)6-8-23-9-7-21/h1,3,5,11,15,17,23H,2,4,6-10,12-13H2. The number of nitrogens with one attached hydrogen (secondary N) is 1. The van der Waals surface area contributed by atoms with E-state index in [4.69, 9.17) is 4.52 Å². The fraction of sp³-hybridized carbons (Fsp3) is 0.571. The lowest BCUT2D eigenvalue weighted by Crippen LogP contribution is -2.41. The lowest BCUT2D eigenvalue weighted by molar-refractivity contribution is -0.135. The van der Waals surface area contributed by atoms with Crippen molar-refractivity contribution < 1.29 is 13.7 Å². The van der Waals surface area contributed by atoms with E-state index in [-0.39, 0.29) is 23.1 Å². The lowest BCUT2D eigenvalue weighted by Gasteiger charge is -2.32. The first-order chi connectivity index (χ1) is 13.6. The molecule has 6 nitrogen and oxygen atoms in total. The highest BCUT2D eigenvalue weighted by Crippen LogP contribution is 2.59. The molecule has 2 saturated heterocycles. The van der Waals surface area contributed by atoms with Gasteiger partial charge in [-0.1, -0.05) is 17.3 Å². The minimum absolute atomic E-state index is 0.0511. The van der Waals surface area contributed by atoms with Crippen LogP contribution in [0.4, 0.5) is 4.39 Å². The van der Waals surface area contributed by atoms with Gasteiger partial charge in [-0.05, 0) is 62.7 Å². The quantitative estimate of drug-likeness (QED) is 0.881. The maximum Gasteiger partial charge on any atom is 0.231 e. The molecular formula is C21H25FN4O2. The maximum atomic E-state index is 13.5. The average molecular weight is 384 g/mol. The first-order valence-corrected chi connectivity index (χ1v) is 10.2. The molecule has 0 radical (unpaired) electrons. The molecule has 2 unspecified atom stereocenters. The monoisotopic (exact) mass is 384 g/mol. The predicted molar refractivity (Wildman–Crippen MR) is 101 cm³/mol. The molecule has 7 heteroatoms. The first kappa shape index (κ1) is 17.8. The van der Waals surface area contributed by atoms with Gasteiger partial charge in [-0.25, -0.2) is 4.39 Å². The van der Waals surface area contributed by atoms with Crippen LogP contribution >= 0.6 is 0 Å². The van der Waals surface area contributed by atoms with E-state index in [0.29, 0.717) is 29.7 Å². The third-order valence-electron chi connectivity index (χ3n) is 6.69. The zero-order chi connectivity index (χ0) is 19.1. The van der Waals surface area contributed by atoms with Crippen molar-refractivity contribution in [3.05, 3.63) is 36.0 Å². The van der Waals surface area contributed by atoms with Crippen molar-refractivity contribution in [1.29, 1.82) is 0 Å². The van der Waals surface area contributed by atoms with E-state index in [9.17, 15) is 9.18 Å². The van der Waals surface area contributed by atoms with Crippen molar-refractivity contribution in [3.63, 3.8) is 0 Å².